The molecular weight excluding hydrogens is 235 g/mol. The maximum absolute atomic E-state index is 9.67. The van der Waals surface area contributed by atoms with Crippen LogP contribution in [-0.4, -0.2) is 11.7 Å². The van der Waals surface area contributed by atoms with Crippen molar-refractivity contribution in [3.05, 3.63) is 27.7 Å². The molecule has 1 aromatic rings. The van der Waals surface area contributed by atoms with E-state index in [1.165, 1.54) is 0 Å². The first-order valence-corrected chi connectivity index (χ1v) is 5.65. The number of halogens is 2. The number of hydrogen-bond acceptors (Lipinski definition) is 2. The number of benzene rings is 1. The van der Waals surface area contributed by atoms with E-state index >= 15 is 0 Å². The molecule has 4 heteroatoms. The second-order valence-corrected chi connectivity index (χ2v) is 3.98. The highest BCUT2D eigenvalue weighted by atomic mass is 35.5. The molecular formula is C11H14Cl2O2. The summed E-state index contributed by atoms with van der Waals surface area (Å²) in [5.41, 5.74) is 0.646. The average Bonchev–Trinajstić information content (AvgIpc) is 2.22. The zero-order valence-electron chi connectivity index (χ0n) is 8.76. The van der Waals surface area contributed by atoms with Crippen LogP contribution in [0.25, 0.3) is 0 Å². The molecule has 0 aromatic heterocycles. The van der Waals surface area contributed by atoms with E-state index in [9.17, 15) is 5.11 Å². The van der Waals surface area contributed by atoms with E-state index in [1.54, 1.807) is 12.1 Å². The SMILES string of the molecule is CCOc1cc(Cl)c([C@@H](O)CC)cc1Cl. The molecule has 1 aromatic carbocycles. The highest BCUT2D eigenvalue weighted by molar-refractivity contribution is 6.34. The van der Waals surface area contributed by atoms with Gasteiger partial charge in [-0.05, 0) is 19.4 Å². The largest absolute Gasteiger partial charge is 0.492 e. The van der Waals surface area contributed by atoms with Gasteiger partial charge in [-0.1, -0.05) is 30.1 Å². The first kappa shape index (κ1) is 12.6. The van der Waals surface area contributed by atoms with Gasteiger partial charge in [0.15, 0.2) is 0 Å². The highest BCUT2D eigenvalue weighted by Gasteiger charge is 2.13. The van der Waals surface area contributed by atoms with Crippen molar-refractivity contribution in [2.24, 2.45) is 0 Å². The second kappa shape index (κ2) is 5.59. The third-order valence-electron chi connectivity index (χ3n) is 2.10. The Labute approximate surface area is 99.8 Å². The van der Waals surface area contributed by atoms with Gasteiger partial charge in [0.25, 0.3) is 0 Å². The van der Waals surface area contributed by atoms with Gasteiger partial charge in [0.1, 0.15) is 5.75 Å². The molecule has 1 rings (SSSR count). The standard InChI is InChI=1S/C11H14Cl2O2/c1-3-10(14)7-5-9(13)11(15-4-2)6-8(7)12/h5-6,10,14H,3-4H2,1-2H3/t10-/m0/s1. The van der Waals surface area contributed by atoms with Crippen LogP contribution in [0.4, 0.5) is 0 Å². The minimum atomic E-state index is -0.578. The third-order valence-corrected chi connectivity index (χ3v) is 2.72. The fourth-order valence-corrected chi connectivity index (χ4v) is 1.79. The molecule has 0 unspecified atom stereocenters. The highest BCUT2D eigenvalue weighted by Crippen LogP contribution is 2.34. The molecule has 15 heavy (non-hydrogen) atoms. The van der Waals surface area contributed by atoms with Crippen molar-refractivity contribution in [2.45, 2.75) is 26.4 Å². The first-order chi connectivity index (χ1) is 7.10. The lowest BCUT2D eigenvalue weighted by molar-refractivity contribution is 0.173. The Hall–Kier alpha value is -0.440. The molecule has 0 amide bonds. The zero-order valence-corrected chi connectivity index (χ0v) is 10.3. The quantitative estimate of drug-likeness (QED) is 0.878. The molecule has 0 saturated heterocycles. The number of aliphatic hydroxyl groups excluding tert-OH is 1. The number of hydrogen-bond donors (Lipinski definition) is 1. The van der Waals surface area contributed by atoms with E-state index in [-0.39, 0.29) is 0 Å². The molecule has 0 aliphatic carbocycles. The van der Waals surface area contributed by atoms with Crippen molar-refractivity contribution in [1.82, 2.24) is 0 Å². The first-order valence-electron chi connectivity index (χ1n) is 4.89. The van der Waals surface area contributed by atoms with Crippen molar-refractivity contribution in [3.63, 3.8) is 0 Å². The van der Waals surface area contributed by atoms with Crippen LogP contribution in [0.15, 0.2) is 12.1 Å². The minimum Gasteiger partial charge on any atom is -0.492 e. The Kier molecular flexibility index (Phi) is 4.71. The van der Waals surface area contributed by atoms with Crippen molar-refractivity contribution in [2.75, 3.05) is 6.61 Å². The van der Waals surface area contributed by atoms with E-state index in [0.29, 0.717) is 34.4 Å². The number of aliphatic hydroxyl groups is 1. The minimum absolute atomic E-state index is 0.476. The maximum atomic E-state index is 9.67. The predicted octanol–water partition coefficient (Wildman–Crippen LogP) is 3.84. The van der Waals surface area contributed by atoms with E-state index in [0.717, 1.165) is 0 Å². The van der Waals surface area contributed by atoms with Crippen LogP contribution in [0.3, 0.4) is 0 Å². The fourth-order valence-electron chi connectivity index (χ4n) is 1.29. The Morgan fingerprint density at radius 2 is 1.93 bits per heavy atom. The Balaban J connectivity index is 3.07. The van der Waals surface area contributed by atoms with Gasteiger partial charge in [0.05, 0.1) is 22.8 Å². The predicted molar refractivity (Wildman–Crippen MR) is 62.9 cm³/mol. The normalized spacial score (nSPS) is 12.6. The summed E-state index contributed by atoms with van der Waals surface area (Å²) >= 11 is 12.0. The van der Waals surface area contributed by atoms with E-state index in [1.807, 2.05) is 13.8 Å². The van der Waals surface area contributed by atoms with Crippen LogP contribution in [0.5, 0.6) is 5.75 Å². The molecule has 84 valence electrons. The lowest BCUT2D eigenvalue weighted by Crippen LogP contribution is -1.98. The van der Waals surface area contributed by atoms with Crippen molar-refractivity contribution in [1.29, 1.82) is 0 Å². The summed E-state index contributed by atoms with van der Waals surface area (Å²) in [6.07, 6.45) is 0.0231. The van der Waals surface area contributed by atoms with E-state index in [2.05, 4.69) is 0 Å². The van der Waals surface area contributed by atoms with Gasteiger partial charge in [0.2, 0.25) is 0 Å². The molecule has 2 nitrogen and oxygen atoms in total. The van der Waals surface area contributed by atoms with Crippen molar-refractivity contribution < 1.29 is 9.84 Å². The molecule has 0 heterocycles. The van der Waals surface area contributed by atoms with Gasteiger partial charge < -0.3 is 9.84 Å². The van der Waals surface area contributed by atoms with Crippen LogP contribution in [-0.2, 0) is 0 Å². The van der Waals surface area contributed by atoms with Gasteiger partial charge in [0, 0.05) is 11.6 Å². The smallest absolute Gasteiger partial charge is 0.139 e. The van der Waals surface area contributed by atoms with Crippen LogP contribution < -0.4 is 4.74 Å². The summed E-state index contributed by atoms with van der Waals surface area (Å²) < 4.78 is 5.29. The topological polar surface area (TPSA) is 29.5 Å². The lowest BCUT2D eigenvalue weighted by Gasteiger charge is -2.13. The molecule has 0 bridgehead atoms. The van der Waals surface area contributed by atoms with Crippen LogP contribution >= 0.6 is 23.2 Å². The second-order valence-electron chi connectivity index (χ2n) is 3.16. The monoisotopic (exact) mass is 248 g/mol. The van der Waals surface area contributed by atoms with Crippen molar-refractivity contribution >= 4 is 23.2 Å². The molecule has 0 spiro atoms. The Bertz CT molecular complexity index is 340. The van der Waals surface area contributed by atoms with Crippen LogP contribution in [0, 0.1) is 0 Å². The summed E-state index contributed by atoms with van der Waals surface area (Å²) in [7, 11) is 0. The fraction of sp³-hybridized carbons (Fsp3) is 0.455. The summed E-state index contributed by atoms with van der Waals surface area (Å²) in [6, 6.07) is 3.30. The Morgan fingerprint density at radius 3 is 2.47 bits per heavy atom. The molecule has 0 aliphatic rings. The number of rotatable bonds is 4. The van der Waals surface area contributed by atoms with E-state index in [4.69, 9.17) is 27.9 Å². The van der Waals surface area contributed by atoms with Gasteiger partial charge in [-0.25, -0.2) is 0 Å². The number of ether oxygens (including phenoxy) is 1. The van der Waals surface area contributed by atoms with Crippen LogP contribution in [0.2, 0.25) is 10.0 Å². The summed E-state index contributed by atoms with van der Waals surface area (Å²) in [5, 5.41) is 10.6. The molecule has 0 fully saturated rings. The van der Waals surface area contributed by atoms with Gasteiger partial charge in [-0.2, -0.15) is 0 Å². The maximum Gasteiger partial charge on any atom is 0.139 e. The van der Waals surface area contributed by atoms with Gasteiger partial charge in [-0.3, -0.25) is 0 Å². The Morgan fingerprint density at radius 1 is 1.27 bits per heavy atom. The third kappa shape index (κ3) is 3.00. The molecule has 1 N–H and O–H groups in total. The summed E-state index contributed by atoms with van der Waals surface area (Å²) in [5.74, 6) is 0.552. The molecule has 0 aliphatic heterocycles. The van der Waals surface area contributed by atoms with Gasteiger partial charge >= 0.3 is 0 Å². The molecule has 0 radical (unpaired) electrons. The summed E-state index contributed by atoms with van der Waals surface area (Å²) in [6.45, 7) is 4.29. The lowest BCUT2D eigenvalue weighted by atomic mass is 10.1. The summed E-state index contributed by atoms with van der Waals surface area (Å²) in [4.78, 5) is 0. The molecule has 0 saturated carbocycles. The van der Waals surface area contributed by atoms with Crippen LogP contribution in [0.1, 0.15) is 31.9 Å². The van der Waals surface area contributed by atoms with Gasteiger partial charge in [-0.15, -0.1) is 0 Å². The molecule has 1 atom stereocenters. The average molecular weight is 249 g/mol. The van der Waals surface area contributed by atoms with Crippen molar-refractivity contribution in [3.8, 4) is 5.75 Å². The zero-order chi connectivity index (χ0) is 11.4. The van der Waals surface area contributed by atoms with E-state index < -0.39 is 6.10 Å².